The number of fused-ring (bicyclic) bond motifs is 1. The minimum absolute atomic E-state index is 0.342. The molecule has 18 heavy (non-hydrogen) atoms. The predicted octanol–water partition coefficient (Wildman–Crippen LogP) is 0.491. The number of H-pyrrole nitrogens is 1. The minimum Gasteiger partial charge on any atom is -0.400 e. The zero-order valence-electron chi connectivity index (χ0n) is 10.2. The van der Waals surface area contributed by atoms with E-state index >= 15 is 0 Å². The first-order chi connectivity index (χ1) is 8.77. The van der Waals surface area contributed by atoms with Crippen LogP contribution in [0.3, 0.4) is 0 Å². The van der Waals surface area contributed by atoms with E-state index in [1.165, 1.54) is 5.01 Å². The molecule has 0 spiro atoms. The van der Waals surface area contributed by atoms with Crippen molar-refractivity contribution in [1.82, 2.24) is 15.3 Å². The van der Waals surface area contributed by atoms with Crippen molar-refractivity contribution in [3.05, 3.63) is 23.5 Å². The summed E-state index contributed by atoms with van der Waals surface area (Å²) in [7, 11) is 0. The van der Waals surface area contributed by atoms with Crippen molar-refractivity contribution < 1.29 is 0 Å². The van der Waals surface area contributed by atoms with Crippen LogP contribution in [0.4, 0.5) is 5.82 Å². The molecule has 0 aromatic carbocycles. The van der Waals surface area contributed by atoms with Crippen LogP contribution in [0.15, 0.2) is 23.0 Å². The second kappa shape index (κ2) is 4.47. The fourth-order valence-corrected chi connectivity index (χ4v) is 2.59. The third-order valence-electron chi connectivity index (χ3n) is 3.56. The molecule has 1 aromatic heterocycles. The van der Waals surface area contributed by atoms with Crippen molar-refractivity contribution in [2.24, 2.45) is 22.5 Å². The molecule has 2 aliphatic rings. The summed E-state index contributed by atoms with van der Waals surface area (Å²) < 4.78 is 0. The number of hydrogen-bond acceptors (Lipinski definition) is 5. The first-order valence-corrected chi connectivity index (χ1v) is 6.23. The number of nitrogens with one attached hydrogen (secondary N) is 2. The fraction of sp³-hybridized carbons (Fsp3) is 0.417. The molecule has 1 aromatic rings. The van der Waals surface area contributed by atoms with Gasteiger partial charge in [-0.15, -0.1) is 0 Å². The molecule has 6 heteroatoms. The Labute approximate surface area is 106 Å². The van der Waals surface area contributed by atoms with Crippen molar-refractivity contribution in [3.63, 3.8) is 0 Å². The van der Waals surface area contributed by atoms with Crippen molar-refractivity contribution in [3.8, 4) is 0 Å². The predicted molar refractivity (Wildman–Crippen MR) is 71.7 cm³/mol. The van der Waals surface area contributed by atoms with Crippen LogP contribution in [0.5, 0.6) is 0 Å². The van der Waals surface area contributed by atoms with Crippen molar-refractivity contribution in [2.45, 2.75) is 12.8 Å². The topological polar surface area (TPSA) is 95.5 Å². The van der Waals surface area contributed by atoms with Gasteiger partial charge in [-0.1, -0.05) is 0 Å². The maximum atomic E-state index is 6.33. The highest BCUT2D eigenvalue weighted by Crippen LogP contribution is 2.33. The van der Waals surface area contributed by atoms with Crippen molar-refractivity contribution >= 4 is 17.9 Å². The van der Waals surface area contributed by atoms with Crippen LogP contribution in [0.1, 0.15) is 18.4 Å². The Morgan fingerprint density at radius 2 is 2.39 bits per heavy atom. The standard InChI is InChI=1S/C12H18N6/c13-10(8-2-1-4-15-6-8)11-9-3-5-16-12(9)17-7-18(11)14/h3,5,7-8,15-16H,1-2,4,6,13-14H2/b11-10-. The van der Waals surface area contributed by atoms with Crippen LogP contribution >= 0.6 is 0 Å². The van der Waals surface area contributed by atoms with Gasteiger partial charge in [0.25, 0.3) is 0 Å². The SMILES string of the molecule is N/C(=C1/c2cc[nH]c2N=CN1N)C1CCCNC1. The Balaban J connectivity index is 2.00. The van der Waals surface area contributed by atoms with Gasteiger partial charge in [0.05, 0.1) is 5.70 Å². The number of aromatic amines is 1. The van der Waals surface area contributed by atoms with Gasteiger partial charge in [0.15, 0.2) is 0 Å². The second-order valence-electron chi connectivity index (χ2n) is 4.74. The highest BCUT2D eigenvalue weighted by atomic mass is 15.4. The molecule has 0 amide bonds. The molecular formula is C12H18N6. The van der Waals surface area contributed by atoms with E-state index in [0.717, 1.165) is 48.7 Å². The molecule has 0 saturated carbocycles. The maximum Gasteiger partial charge on any atom is 0.141 e. The summed E-state index contributed by atoms with van der Waals surface area (Å²) >= 11 is 0. The van der Waals surface area contributed by atoms with E-state index in [1.54, 1.807) is 6.34 Å². The summed E-state index contributed by atoms with van der Waals surface area (Å²) in [6.45, 7) is 1.99. The van der Waals surface area contributed by atoms with Crippen LogP contribution < -0.4 is 16.9 Å². The van der Waals surface area contributed by atoms with E-state index < -0.39 is 0 Å². The van der Waals surface area contributed by atoms with Gasteiger partial charge in [0.2, 0.25) is 0 Å². The molecule has 1 unspecified atom stereocenters. The summed E-state index contributed by atoms with van der Waals surface area (Å²) in [5.41, 5.74) is 9.02. The average molecular weight is 246 g/mol. The smallest absolute Gasteiger partial charge is 0.141 e. The number of hydrazine groups is 1. The van der Waals surface area contributed by atoms with E-state index in [1.807, 2.05) is 12.3 Å². The molecule has 0 radical (unpaired) electrons. The van der Waals surface area contributed by atoms with Gasteiger partial charge in [-0.2, -0.15) is 0 Å². The van der Waals surface area contributed by atoms with Crippen LogP contribution in [0.2, 0.25) is 0 Å². The van der Waals surface area contributed by atoms with E-state index in [2.05, 4.69) is 15.3 Å². The van der Waals surface area contributed by atoms with Crippen LogP contribution in [0.25, 0.3) is 5.70 Å². The quantitative estimate of drug-likeness (QED) is 0.542. The van der Waals surface area contributed by atoms with Gasteiger partial charge in [-0.05, 0) is 25.5 Å². The molecular weight excluding hydrogens is 228 g/mol. The zero-order valence-corrected chi connectivity index (χ0v) is 10.2. The number of nitrogens with zero attached hydrogens (tertiary/aromatic N) is 2. The lowest BCUT2D eigenvalue weighted by atomic mass is 9.93. The molecule has 1 fully saturated rings. The fourth-order valence-electron chi connectivity index (χ4n) is 2.59. The van der Waals surface area contributed by atoms with Gasteiger partial charge in [0.1, 0.15) is 12.2 Å². The van der Waals surface area contributed by atoms with Crippen LogP contribution in [-0.4, -0.2) is 29.4 Å². The Morgan fingerprint density at radius 3 is 3.17 bits per heavy atom. The first-order valence-electron chi connectivity index (χ1n) is 6.23. The lowest BCUT2D eigenvalue weighted by Crippen LogP contribution is -2.37. The molecule has 3 heterocycles. The lowest BCUT2D eigenvalue weighted by molar-refractivity contribution is 0.416. The molecule has 0 bridgehead atoms. The second-order valence-corrected chi connectivity index (χ2v) is 4.74. The Hall–Kier alpha value is -1.79. The summed E-state index contributed by atoms with van der Waals surface area (Å²) in [5.74, 6) is 7.13. The highest BCUT2D eigenvalue weighted by molar-refractivity contribution is 5.86. The van der Waals surface area contributed by atoms with E-state index in [9.17, 15) is 0 Å². The third kappa shape index (κ3) is 1.79. The Bertz CT molecular complexity index is 494. The monoisotopic (exact) mass is 246 g/mol. The van der Waals surface area contributed by atoms with Crippen molar-refractivity contribution in [2.75, 3.05) is 13.1 Å². The Kier molecular flexibility index (Phi) is 2.81. The summed E-state index contributed by atoms with van der Waals surface area (Å²) in [6, 6.07) is 1.96. The summed E-state index contributed by atoms with van der Waals surface area (Å²) in [6.07, 6.45) is 5.70. The highest BCUT2D eigenvalue weighted by Gasteiger charge is 2.25. The Morgan fingerprint density at radius 1 is 1.50 bits per heavy atom. The molecule has 3 rings (SSSR count). The first kappa shape index (κ1) is 11.3. The number of piperidine rings is 1. The summed E-state index contributed by atoms with van der Waals surface area (Å²) in [4.78, 5) is 7.31. The molecule has 6 nitrogen and oxygen atoms in total. The third-order valence-corrected chi connectivity index (χ3v) is 3.56. The molecule has 6 N–H and O–H groups in total. The van der Waals surface area contributed by atoms with E-state index in [4.69, 9.17) is 11.6 Å². The van der Waals surface area contributed by atoms with Crippen LogP contribution in [-0.2, 0) is 0 Å². The maximum absolute atomic E-state index is 6.33. The zero-order chi connectivity index (χ0) is 12.5. The lowest BCUT2D eigenvalue weighted by Gasteiger charge is -2.29. The van der Waals surface area contributed by atoms with Gasteiger partial charge in [-0.25, -0.2) is 10.8 Å². The number of aromatic nitrogens is 1. The molecule has 1 saturated heterocycles. The molecule has 0 aliphatic carbocycles. The van der Waals surface area contributed by atoms with E-state index in [0.29, 0.717) is 5.92 Å². The molecule has 1 atom stereocenters. The molecule has 96 valence electrons. The summed E-state index contributed by atoms with van der Waals surface area (Å²) in [5, 5.41) is 4.89. The van der Waals surface area contributed by atoms with Gasteiger partial charge >= 0.3 is 0 Å². The normalized spacial score (nSPS) is 26.1. The van der Waals surface area contributed by atoms with Crippen molar-refractivity contribution in [1.29, 1.82) is 0 Å². The minimum atomic E-state index is 0.342. The number of aliphatic imine (C=N–C) groups is 1. The number of hydrogen-bond donors (Lipinski definition) is 4. The largest absolute Gasteiger partial charge is 0.400 e. The van der Waals surface area contributed by atoms with E-state index in [-0.39, 0.29) is 0 Å². The van der Waals surface area contributed by atoms with Gasteiger partial charge in [-0.3, -0.25) is 5.01 Å². The number of nitrogens with two attached hydrogens (primary N) is 2. The average Bonchev–Trinajstić information content (AvgIpc) is 2.87. The number of rotatable bonds is 1. The molecule has 2 aliphatic heterocycles. The van der Waals surface area contributed by atoms with Gasteiger partial charge < -0.3 is 16.0 Å². The van der Waals surface area contributed by atoms with Gasteiger partial charge in [0, 0.05) is 29.9 Å². The van der Waals surface area contributed by atoms with Crippen LogP contribution in [0, 0.1) is 5.92 Å².